The molecule has 3 unspecified atom stereocenters. The molecule has 0 aromatic heterocycles. The predicted molar refractivity (Wildman–Crippen MR) is 303 cm³/mol. The van der Waals surface area contributed by atoms with Crippen molar-refractivity contribution in [2.45, 2.75) is 285 Å². The fourth-order valence-electron chi connectivity index (χ4n) is 17.2. The van der Waals surface area contributed by atoms with Gasteiger partial charge in [0.15, 0.2) is 31.5 Å². The summed E-state index contributed by atoms with van der Waals surface area (Å²) < 4.78 is 59.7. The van der Waals surface area contributed by atoms with Crippen LogP contribution >= 0.6 is 0 Å². The number of fused-ring (bicyclic) bond motifs is 5. The second-order valence-corrected chi connectivity index (χ2v) is 29.1. The summed E-state index contributed by atoms with van der Waals surface area (Å²) in [4.78, 5) is 0. The highest BCUT2D eigenvalue weighted by atomic mass is 16.8. The number of aliphatic hydroxyl groups is 18. The third-order valence-corrected chi connectivity index (χ3v) is 23.3. The largest absolute Gasteiger partial charge is 0.394 e. The third kappa shape index (κ3) is 13.1. The Bertz CT molecular complexity index is 2340. The Morgan fingerprint density at radius 3 is 1.58 bits per heavy atom. The average Bonchev–Trinajstić information content (AvgIpc) is 1.66. The first-order valence-electron chi connectivity index (χ1n) is 31.9. The molecule has 9 rings (SSSR count). The van der Waals surface area contributed by atoms with Crippen molar-refractivity contribution < 1.29 is 139 Å². The van der Waals surface area contributed by atoms with Gasteiger partial charge >= 0.3 is 0 Å². The lowest BCUT2D eigenvalue weighted by Crippen LogP contribution is -2.65. The van der Waals surface area contributed by atoms with Gasteiger partial charge in [0.1, 0.15) is 104 Å². The SMILES string of the molecule is C[C@H]1[C@H](O)[C@@H](O)[C@H](O[C@H]2[C@H](O)[C@@H](O)[C@H](O[C@H](CC[C@@H](C)C3CC[C@@]4(C)C5CC=C6C(CC[C@H](O[C@@H]7O[C@H](CO[C@@H]8O[C@H](CO)[C@@H](O)[C@H](O)[C@H]8O)[C@@H](O)[C@H](O)[C@H]7O)C6(C)C)[C@]5(C)[C@H](O)C[C@]34C)C(C)(C)O)O[C@@H]2CO[C@@H]2O[C@H](CO)[C@@H](O)[C@H](O)[C@H]2O)O[C@@H]1CO. The van der Waals surface area contributed by atoms with Gasteiger partial charge in [-0.2, -0.15) is 0 Å². The molecule has 89 heavy (non-hydrogen) atoms. The number of aliphatic hydroxyl groups excluding tert-OH is 17. The van der Waals surface area contributed by atoms with E-state index in [0.29, 0.717) is 32.1 Å². The summed E-state index contributed by atoms with van der Waals surface area (Å²) in [5, 5.41) is 195. The van der Waals surface area contributed by atoms with Crippen LogP contribution in [-0.2, 0) is 47.4 Å². The van der Waals surface area contributed by atoms with Crippen molar-refractivity contribution >= 4 is 0 Å². The number of allylic oxidation sites excluding steroid dienone is 1. The molecule has 28 heteroatoms. The average molecular weight is 1290 g/mol. The smallest absolute Gasteiger partial charge is 0.187 e. The Hall–Kier alpha value is -1.38. The van der Waals surface area contributed by atoms with E-state index in [4.69, 9.17) is 47.4 Å². The molecule has 0 radical (unpaired) electrons. The Morgan fingerprint density at radius 2 is 1.02 bits per heavy atom. The molecule has 0 amide bonds. The summed E-state index contributed by atoms with van der Waals surface area (Å²) in [5.74, 6) is -0.629. The van der Waals surface area contributed by atoms with E-state index in [0.717, 1.165) is 18.4 Å². The first kappa shape index (κ1) is 71.9. The van der Waals surface area contributed by atoms with Crippen molar-refractivity contribution in [2.75, 3.05) is 33.0 Å². The fourth-order valence-corrected chi connectivity index (χ4v) is 17.2. The molecule has 5 saturated heterocycles. The van der Waals surface area contributed by atoms with E-state index in [-0.39, 0.29) is 40.9 Å². The van der Waals surface area contributed by atoms with Crippen molar-refractivity contribution in [3.8, 4) is 0 Å². The lowest BCUT2D eigenvalue weighted by atomic mass is 9.38. The lowest BCUT2D eigenvalue weighted by Gasteiger charge is -2.67. The number of ether oxygens (including phenoxy) is 10. The van der Waals surface area contributed by atoms with Gasteiger partial charge in [-0.3, -0.25) is 0 Å². The summed E-state index contributed by atoms with van der Waals surface area (Å²) in [6.07, 6.45) is -33.7. The van der Waals surface area contributed by atoms with E-state index in [1.165, 1.54) is 13.8 Å². The van der Waals surface area contributed by atoms with Gasteiger partial charge in [-0.1, -0.05) is 60.1 Å². The molecule has 516 valence electrons. The topological polar surface area (TPSA) is 456 Å². The first-order valence-corrected chi connectivity index (χ1v) is 31.9. The molecule has 9 aliphatic rings. The molecule has 3 saturated carbocycles. The Labute approximate surface area is 518 Å². The quantitative estimate of drug-likeness (QED) is 0.0515. The lowest BCUT2D eigenvalue weighted by molar-refractivity contribution is -0.371. The van der Waals surface area contributed by atoms with Crippen LogP contribution in [0.5, 0.6) is 0 Å². The van der Waals surface area contributed by atoms with Gasteiger partial charge < -0.3 is 139 Å². The molecular weight excluding hydrogens is 1180 g/mol. The summed E-state index contributed by atoms with van der Waals surface area (Å²) >= 11 is 0. The highest BCUT2D eigenvalue weighted by Crippen LogP contribution is 2.75. The molecule has 28 nitrogen and oxygen atoms in total. The summed E-state index contributed by atoms with van der Waals surface area (Å²) in [7, 11) is 0. The highest BCUT2D eigenvalue weighted by Gasteiger charge is 2.70. The monoisotopic (exact) mass is 1280 g/mol. The van der Waals surface area contributed by atoms with Crippen LogP contribution < -0.4 is 0 Å². The van der Waals surface area contributed by atoms with Gasteiger partial charge in [-0.25, -0.2) is 0 Å². The van der Waals surface area contributed by atoms with Crippen LogP contribution in [0.1, 0.15) is 114 Å². The molecule has 4 aliphatic carbocycles. The fraction of sp³-hybridized carbons (Fsp3) is 0.967. The third-order valence-electron chi connectivity index (χ3n) is 23.3. The Balaban J connectivity index is 0.865. The van der Waals surface area contributed by atoms with Crippen molar-refractivity contribution in [1.82, 2.24) is 0 Å². The summed E-state index contributed by atoms with van der Waals surface area (Å²) in [5.41, 5.74) is -2.31. The Kier molecular flexibility index (Phi) is 22.3. The van der Waals surface area contributed by atoms with Crippen molar-refractivity contribution in [2.24, 2.45) is 51.2 Å². The maximum absolute atomic E-state index is 12.8. The minimum Gasteiger partial charge on any atom is -0.394 e. The van der Waals surface area contributed by atoms with Gasteiger partial charge in [0.05, 0.1) is 69.2 Å². The maximum atomic E-state index is 12.8. The van der Waals surface area contributed by atoms with E-state index >= 15 is 0 Å². The zero-order valence-electron chi connectivity index (χ0n) is 52.4. The van der Waals surface area contributed by atoms with E-state index < -0.39 is 221 Å². The van der Waals surface area contributed by atoms with Crippen LogP contribution in [0.15, 0.2) is 11.6 Å². The van der Waals surface area contributed by atoms with E-state index in [1.807, 2.05) is 0 Å². The van der Waals surface area contributed by atoms with E-state index in [2.05, 4.69) is 47.6 Å². The van der Waals surface area contributed by atoms with Crippen molar-refractivity contribution in [1.29, 1.82) is 0 Å². The molecule has 5 aliphatic heterocycles. The number of hydrogen-bond donors (Lipinski definition) is 18. The normalized spacial score (nSPS) is 51.8. The zero-order chi connectivity index (χ0) is 65.5. The molecule has 0 aromatic carbocycles. The molecule has 0 bridgehead atoms. The minimum atomic E-state index is -1.89. The summed E-state index contributed by atoms with van der Waals surface area (Å²) in [6.45, 7) is 14.6. The van der Waals surface area contributed by atoms with Crippen LogP contribution in [0.4, 0.5) is 0 Å². The molecule has 8 fully saturated rings. The van der Waals surface area contributed by atoms with Gasteiger partial charge in [-0.05, 0) is 99.7 Å². The molecule has 0 aromatic rings. The molecule has 35 atom stereocenters. The first-order chi connectivity index (χ1) is 41.6. The van der Waals surface area contributed by atoms with Crippen LogP contribution in [0, 0.1) is 51.2 Å². The van der Waals surface area contributed by atoms with Crippen molar-refractivity contribution in [3.05, 3.63) is 11.6 Å². The van der Waals surface area contributed by atoms with Crippen LogP contribution in [0.25, 0.3) is 0 Å². The predicted octanol–water partition coefficient (Wildman–Crippen LogP) is -4.13. The standard InChI is InChI=1S/C61H104O28/c1-24(10-14-37(58(5,6)79)88-55-50(78)45(73)51(89-56-46(74)38(66)25(2)29(19-62)82-56)33(86-55)23-81-53-48(76)43(71)40(68)31(21-64)84-53)26-16-17-59(7)34-13-11-27-28(61(34,9)35(65)18-60(26,59)8)12-15-36(57(27,3)4)87-54-49(77)44(72)41(69)32(85-54)22-80-52-47(75)42(70)39(67)30(20-63)83-52/h11,24-26,28-56,62-79H,10,12-23H2,1-9H3/t24-,25-,26?,28?,29-,30-,31-,32-,33-,34?,35-,36+,37-,38+,39-,40-,41-,42+,43+,44+,45-,46-,47-,48-,49-,50-,51-,52-,53-,54+,55+,56+,59+,60-,61+/m1/s1. The second kappa shape index (κ2) is 27.6. The van der Waals surface area contributed by atoms with Gasteiger partial charge in [-0.15, -0.1) is 0 Å². The van der Waals surface area contributed by atoms with Gasteiger partial charge in [0.25, 0.3) is 0 Å². The summed E-state index contributed by atoms with van der Waals surface area (Å²) in [6, 6.07) is 0. The number of hydrogen-bond acceptors (Lipinski definition) is 28. The molecule has 18 N–H and O–H groups in total. The van der Waals surface area contributed by atoms with E-state index in [9.17, 15) is 91.9 Å². The molecule has 5 heterocycles. The van der Waals surface area contributed by atoms with Crippen molar-refractivity contribution in [3.63, 3.8) is 0 Å². The van der Waals surface area contributed by atoms with Gasteiger partial charge in [0, 0.05) is 16.7 Å². The maximum Gasteiger partial charge on any atom is 0.187 e. The molecule has 0 spiro atoms. The van der Waals surface area contributed by atoms with Crippen LogP contribution in [-0.4, -0.2) is 296 Å². The van der Waals surface area contributed by atoms with Crippen LogP contribution in [0.2, 0.25) is 0 Å². The zero-order valence-corrected chi connectivity index (χ0v) is 52.4. The number of rotatable bonds is 20. The Morgan fingerprint density at radius 1 is 0.539 bits per heavy atom. The van der Waals surface area contributed by atoms with Crippen LogP contribution in [0.3, 0.4) is 0 Å². The second-order valence-electron chi connectivity index (χ2n) is 29.1. The van der Waals surface area contributed by atoms with E-state index in [1.54, 1.807) is 6.92 Å². The minimum absolute atomic E-state index is 0.00640. The highest BCUT2D eigenvalue weighted by molar-refractivity contribution is 5.32. The van der Waals surface area contributed by atoms with Gasteiger partial charge in [0.2, 0.25) is 0 Å². The molecular formula is C61H104O28.